The summed E-state index contributed by atoms with van der Waals surface area (Å²) in [4.78, 5) is 25.3. The molecule has 134 valence electrons. The van der Waals surface area contributed by atoms with E-state index in [4.69, 9.17) is 4.74 Å². The normalized spacial score (nSPS) is 19.8. The molecule has 6 heteroatoms. The molecule has 1 aliphatic heterocycles. The van der Waals surface area contributed by atoms with E-state index in [1.807, 2.05) is 68.4 Å². The van der Waals surface area contributed by atoms with Crippen LogP contribution in [0.2, 0.25) is 0 Å². The third-order valence-electron chi connectivity index (χ3n) is 4.38. The third-order valence-corrected chi connectivity index (χ3v) is 4.38. The van der Waals surface area contributed by atoms with Crippen molar-refractivity contribution in [3.8, 4) is 5.75 Å². The van der Waals surface area contributed by atoms with Crippen molar-refractivity contribution >= 4 is 18.2 Å². The maximum atomic E-state index is 12.9. The molecule has 2 aromatic rings. The Kier molecular flexibility index (Phi) is 5.02. The first-order valence-electron chi connectivity index (χ1n) is 8.59. The SMILES string of the molecule is CCOc1ccc(/C=N\N2C(=O)N[C@@](CC)(c3ccccc3)C2=O)cc1. The Bertz CT molecular complexity index is 818. The van der Waals surface area contributed by atoms with Crippen molar-refractivity contribution in [2.45, 2.75) is 25.8 Å². The first kappa shape index (κ1) is 17.7. The summed E-state index contributed by atoms with van der Waals surface area (Å²) in [5.74, 6) is 0.382. The largest absolute Gasteiger partial charge is 0.494 e. The minimum Gasteiger partial charge on any atom is -0.494 e. The second-order valence-corrected chi connectivity index (χ2v) is 5.92. The van der Waals surface area contributed by atoms with Gasteiger partial charge in [-0.15, -0.1) is 5.01 Å². The van der Waals surface area contributed by atoms with Gasteiger partial charge in [0.2, 0.25) is 0 Å². The van der Waals surface area contributed by atoms with E-state index in [0.717, 1.165) is 21.9 Å². The highest BCUT2D eigenvalue weighted by Gasteiger charge is 2.51. The molecular weight excluding hydrogens is 330 g/mol. The monoisotopic (exact) mass is 351 g/mol. The highest BCUT2D eigenvalue weighted by atomic mass is 16.5. The molecule has 1 aliphatic rings. The summed E-state index contributed by atoms with van der Waals surface area (Å²) in [6, 6.07) is 16.0. The lowest BCUT2D eigenvalue weighted by Gasteiger charge is -2.24. The van der Waals surface area contributed by atoms with Crippen LogP contribution in [0.5, 0.6) is 5.75 Å². The number of carbonyl (C=O) groups is 2. The summed E-state index contributed by atoms with van der Waals surface area (Å²) in [5, 5.41) is 7.80. The number of benzene rings is 2. The van der Waals surface area contributed by atoms with Crippen molar-refractivity contribution in [1.82, 2.24) is 10.3 Å². The molecule has 1 fully saturated rings. The number of nitrogens with one attached hydrogen (secondary N) is 1. The van der Waals surface area contributed by atoms with Crippen LogP contribution in [0.4, 0.5) is 4.79 Å². The predicted octanol–water partition coefficient (Wildman–Crippen LogP) is 3.28. The molecule has 0 unspecified atom stereocenters. The molecule has 0 bridgehead atoms. The quantitative estimate of drug-likeness (QED) is 0.641. The van der Waals surface area contributed by atoms with Crippen LogP contribution in [0.3, 0.4) is 0 Å². The highest BCUT2D eigenvalue weighted by molar-refractivity contribution is 6.07. The average molecular weight is 351 g/mol. The van der Waals surface area contributed by atoms with E-state index in [9.17, 15) is 9.59 Å². The van der Waals surface area contributed by atoms with Crippen LogP contribution in [-0.4, -0.2) is 29.8 Å². The Morgan fingerprint density at radius 3 is 2.38 bits per heavy atom. The van der Waals surface area contributed by atoms with Gasteiger partial charge in [0.15, 0.2) is 0 Å². The van der Waals surface area contributed by atoms with Gasteiger partial charge in [0.05, 0.1) is 12.8 Å². The predicted molar refractivity (Wildman–Crippen MR) is 99.0 cm³/mol. The van der Waals surface area contributed by atoms with E-state index in [1.54, 1.807) is 0 Å². The van der Waals surface area contributed by atoms with Crippen molar-refractivity contribution in [1.29, 1.82) is 0 Å². The fraction of sp³-hybridized carbons (Fsp3) is 0.250. The van der Waals surface area contributed by atoms with Crippen LogP contribution >= 0.6 is 0 Å². The lowest BCUT2D eigenvalue weighted by molar-refractivity contribution is -0.131. The summed E-state index contributed by atoms with van der Waals surface area (Å²) in [6.45, 7) is 4.37. The Balaban J connectivity index is 1.82. The zero-order valence-electron chi connectivity index (χ0n) is 14.8. The lowest BCUT2D eigenvalue weighted by atomic mass is 9.87. The summed E-state index contributed by atoms with van der Waals surface area (Å²) in [5.41, 5.74) is 0.441. The lowest BCUT2D eigenvalue weighted by Crippen LogP contribution is -2.43. The van der Waals surface area contributed by atoms with Crippen LogP contribution in [0.15, 0.2) is 59.7 Å². The Hall–Kier alpha value is -3.15. The molecule has 1 atom stereocenters. The number of amides is 3. The van der Waals surface area contributed by atoms with E-state index in [-0.39, 0.29) is 5.91 Å². The standard InChI is InChI=1S/C20H21N3O3/c1-3-20(16-8-6-5-7-9-16)18(24)23(19(25)22-20)21-14-15-10-12-17(13-11-15)26-4-2/h5-14H,3-4H2,1-2H3,(H,22,25)/b21-14-/t20-/m0/s1. The van der Waals surface area contributed by atoms with Crippen molar-refractivity contribution in [3.05, 3.63) is 65.7 Å². The van der Waals surface area contributed by atoms with Crippen molar-refractivity contribution < 1.29 is 14.3 Å². The molecular formula is C20H21N3O3. The zero-order valence-corrected chi connectivity index (χ0v) is 14.8. The second-order valence-electron chi connectivity index (χ2n) is 5.92. The van der Waals surface area contributed by atoms with E-state index in [1.165, 1.54) is 6.21 Å². The third kappa shape index (κ3) is 3.18. The number of hydrogen-bond acceptors (Lipinski definition) is 4. The minimum absolute atomic E-state index is 0.376. The van der Waals surface area contributed by atoms with E-state index in [2.05, 4.69) is 10.4 Å². The van der Waals surface area contributed by atoms with Crippen molar-refractivity contribution in [3.63, 3.8) is 0 Å². The molecule has 6 nitrogen and oxygen atoms in total. The Morgan fingerprint density at radius 2 is 1.77 bits per heavy atom. The number of hydrogen-bond donors (Lipinski definition) is 1. The summed E-state index contributed by atoms with van der Waals surface area (Å²) >= 11 is 0. The molecule has 1 saturated heterocycles. The topological polar surface area (TPSA) is 71.0 Å². The first-order chi connectivity index (χ1) is 12.6. The van der Waals surface area contributed by atoms with Gasteiger partial charge in [-0.2, -0.15) is 5.10 Å². The van der Waals surface area contributed by atoms with Crippen LogP contribution in [0.25, 0.3) is 0 Å². The zero-order chi connectivity index (χ0) is 18.6. The van der Waals surface area contributed by atoms with Crippen LogP contribution in [0, 0.1) is 0 Å². The molecule has 1 N–H and O–H groups in total. The summed E-state index contributed by atoms with van der Waals surface area (Å²) < 4.78 is 5.39. The van der Waals surface area contributed by atoms with Crippen molar-refractivity contribution in [2.24, 2.45) is 5.10 Å². The van der Waals surface area contributed by atoms with Gasteiger partial charge in [-0.05, 0) is 48.7 Å². The molecule has 0 aromatic heterocycles. The summed E-state index contributed by atoms with van der Waals surface area (Å²) in [6.07, 6.45) is 1.93. The summed E-state index contributed by atoms with van der Waals surface area (Å²) in [7, 11) is 0. The minimum atomic E-state index is -1.07. The molecule has 3 rings (SSSR count). The first-order valence-corrected chi connectivity index (χ1v) is 8.59. The maximum Gasteiger partial charge on any atom is 0.346 e. The second kappa shape index (κ2) is 7.39. The smallest absolute Gasteiger partial charge is 0.346 e. The molecule has 1 heterocycles. The highest BCUT2D eigenvalue weighted by Crippen LogP contribution is 2.32. The Labute approximate surface area is 152 Å². The van der Waals surface area contributed by atoms with Gasteiger partial charge >= 0.3 is 6.03 Å². The van der Waals surface area contributed by atoms with Gasteiger partial charge in [0.1, 0.15) is 11.3 Å². The van der Waals surface area contributed by atoms with Gasteiger partial charge in [-0.3, -0.25) is 4.79 Å². The van der Waals surface area contributed by atoms with E-state index in [0.29, 0.717) is 13.0 Å². The van der Waals surface area contributed by atoms with Gasteiger partial charge < -0.3 is 10.1 Å². The fourth-order valence-corrected chi connectivity index (χ4v) is 2.97. The van der Waals surface area contributed by atoms with Crippen molar-refractivity contribution in [2.75, 3.05) is 6.61 Å². The van der Waals surface area contributed by atoms with Gasteiger partial charge in [0, 0.05) is 0 Å². The van der Waals surface area contributed by atoms with Crippen LogP contribution < -0.4 is 10.1 Å². The average Bonchev–Trinajstić information content (AvgIpc) is 2.93. The number of ether oxygens (including phenoxy) is 1. The van der Waals surface area contributed by atoms with Crippen LogP contribution in [-0.2, 0) is 10.3 Å². The Morgan fingerprint density at radius 1 is 1.08 bits per heavy atom. The van der Waals surface area contributed by atoms with E-state index < -0.39 is 11.6 Å². The molecule has 0 aliphatic carbocycles. The fourth-order valence-electron chi connectivity index (χ4n) is 2.97. The van der Waals surface area contributed by atoms with Crippen LogP contribution in [0.1, 0.15) is 31.4 Å². The molecule has 26 heavy (non-hydrogen) atoms. The number of carbonyl (C=O) groups excluding carboxylic acids is 2. The van der Waals surface area contributed by atoms with E-state index >= 15 is 0 Å². The molecule has 0 spiro atoms. The molecule has 0 saturated carbocycles. The maximum absolute atomic E-state index is 12.9. The number of imide groups is 1. The molecule has 0 radical (unpaired) electrons. The molecule has 3 amide bonds. The van der Waals surface area contributed by atoms with Gasteiger partial charge in [0.25, 0.3) is 5.91 Å². The van der Waals surface area contributed by atoms with Gasteiger partial charge in [-0.25, -0.2) is 4.79 Å². The number of rotatable bonds is 6. The van der Waals surface area contributed by atoms with Gasteiger partial charge in [-0.1, -0.05) is 37.3 Å². The number of hydrazone groups is 1. The molecule has 2 aromatic carbocycles. The number of urea groups is 1. The number of nitrogens with zero attached hydrogens (tertiary/aromatic N) is 2.